The molecular formula is C33H21NO. The molecule has 2 heterocycles. The van der Waals surface area contributed by atoms with Crippen LogP contribution in [0.1, 0.15) is 0 Å². The minimum atomic E-state index is 0.927. The number of aromatic nitrogens is 1. The molecule has 0 N–H and O–H groups in total. The van der Waals surface area contributed by atoms with Gasteiger partial charge in [-0.05, 0) is 51.6 Å². The predicted molar refractivity (Wildman–Crippen MR) is 148 cm³/mol. The van der Waals surface area contributed by atoms with E-state index in [1.807, 2.05) is 12.1 Å². The molecule has 0 unspecified atom stereocenters. The van der Waals surface area contributed by atoms with Crippen molar-refractivity contribution in [1.82, 2.24) is 4.57 Å². The monoisotopic (exact) mass is 447 g/mol. The summed E-state index contributed by atoms with van der Waals surface area (Å²) in [5, 5.41) is 10.1. The number of aryl methyl sites for hydroxylation is 1. The van der Waals surface area contributed by atoms with Gasteiger partial charge in [0.1, 0.15) is 11.2 Å². The molecule has 0 atom stereocenters. The zero-order valence-electron chi connectivity index (χ0n) is 19.2. The molecule has 0 aliphatic heterocycles. The number of benzene rings is 6. The molecule has 0 bridgehead atoms. The third-order valence-corrected chi connectivity index (χ3v) is 7.58. The summed E-state index contributed by atoms with van der Waals surface area (Å²) < 4.78 is 8.61. The summed E-state index contributed by atoms with van der Waals surface area (Å²) in [7, 11) is 2.19. The lowest BCUT2D eigenvalue weighted by Gasteiger charge is -2.09. The fourth-order valence-corrected chi connectivity index (χ4v) is 6.06. The van der Waals surface area contributed by atoms with Crippen LogP contribution in [-0.4, -0.2) is 4.57 Å². The summed E-state index contributed by atoms with van der Waals surface area (Å²) in [4.78, 5) is 0. The quantitative estimate of drug-likeness (QED) is 0.229. The zero-order chi connectivity index (χ0) is 23.1. The minimum absolute atomic E-state index is 0.927. The normalized spacial score (nSPS) is 12.1. The van der Waals surface area contributed by atoms with Crippen LogP contribution in [0.4, 0.5) is 0 Å². The molecule has 0 spiro atoms. The van der Waals surface area contributed by atoms with Gasteiger partial charge in [0.05, 0.1) is 5.52 Å². The van der Waals surface area contributed by atoms with Crippen molar-refractivity contribution in [1.29, 1.82) is 0 Å². The van der Waals surface area contributed by atoms with Gasteiger partial charge in [-0.3, -0.25) is 0 Å². The van der Waals surface area contributed by atoms with Crippen molar-refractivity contribution < 1.29 is 4.42 Å². The van der Waals surface area contributed by atoms with Crippen LogP contribution < -0.4 is 0 Å². The van der Waals surface area contributed by atoms with Gasteiger partial charge in [-0.15, -0.1) is 0 Å². The molecule has 0 saturated heterocycles. The maximum atomic E-state index is 6.24. The number of nitrogens with zero attached hydrogens (tertiary/aromatic N) is 1. The largest absolute Gasteiger partial charge is 0.456 e. The van der Waals surface area contributed by atoms with Gasteiger partial charge in [-0.1, -0.05) is 84.9 Å². The van der Waals surface area contributed by atoms with E-state index in [0.29, 0.717) is 0 Å². The number of hydrogen-bond donors (Lipinski definition) is 0. The molecule has 2 heteroatoms. The molecule has 35 heavy (non-hydrogen) atoms. The van der Waals surface area contributed by atoms with E-state index in [1.165, 1.54) is 54.5 Å². The molecular weight excluding hydrogens is 426 g/mol. The fourth-order valence-electron chi connectivity index (χ4n) is 6.06. The number of fused-ring (bicyclic) bond motifs is 11. The van der Waals surface area contributed by atoms with E-state index < -0.39 is 0 Å². The van der Waals surface area contributed by atoms with E-state index in [-0.39, 0.29) is 0 Å². The first kappa shape index (κ1) is 18.8. The van der Waals surface area contributed by atoms with Gasteiger partial charge in [-0.2, -0.15) is 0 Å². The SMILES string of the molecule is Cn1c2cccc(-c3ccc4c(c3)oc3ccccc34)c2c2c3ccccc3c3ccccc3c21. The minimum Gasteiger partial charge on any atom is -0.456 e. The Morgan fingerprint density at radius 3 is 2.00 bits per heavy atom. The third-order valence-electron chi connectivity index (χ3n) is 7.58. The van der Waals surface area contributed by atoms with Crippen LogP contribution in [0.25, 0.3) is 76.4 Å². The molecule has 2 nitrogen and oxygen atoms in total. The molecule has 164 valence electrons. The summed E-state index contributed by atoms with van der Waals surface area (Å²) in [5.41, 5.74) is 6.79. The average molecular weight is 448 g/mol. The number of furan rings is 1. The second kappa shape index (κ2) is 6.74. The van der Waals surface area contributed by atoms with Gasteiger partial charge in [0.15, 0.2) is 0 Å². The number of para-hydroxylation sites is 1. The van der Waals surface area contributed by atoms with Crippen LogP contribution in [0.2, 0.25) is 0 Å². The van der Waals surface area contributed by atoms with Crippen LogP contribution in [0.3, 0.4) is 0 Å². The molecule has 6 aromatic carbocycles. The first-order valence-corrected chi connectivity index (χ1v) is 12.0. The average Bonchev–Trinajstić information content (AvgIpc) is 3.44. The van der Waals surface area contributed by atoms with E-state index in [0.717, 1.165) is 21.9 Å². The van der Waals surface area contributed by atoms with Gasteiger partial charge in [0.25, 0.3) is 0 Å². The molecule has 8 rings (SSSR count). The fraction of sp³-hybridized carbons (Fsp3) is 0.0303. The Bertz CT molecular complexity index is 2120. The highest BCUT2D eigenvalue weighted by atomic mass is 16.3. The molecule has 2 aromatic heterocycles. The van der Waals surface area contributed by atoms with Crippen molar-refractivity contribution in [3.8, 4) is 11.1 Å². The second-order valence-electron chi connectivity index (χ2n) is 9.38. The van der Waals surface area contributed by atoms with Crippen molar-refractivity contribution in [2.24, 2.45) is 7.05 Å². The summed E-state index contributed by atoms with van der Waals surface area (Å²) >= 11 is 0. The highest BCUT2D eigenvalue weighted by Crippen LogP contribution is 2.44. The first-order chi connectivity index (χ1) is 17.3. The molecule has 0 saturated carbocycles. The summed E-state index contributed by atoms with van der Waals surface area (Å²) in [6, 6.07) is 39.1. The Morgan fingerprint density at radius 1 is 0.514 bits per heavy atom. The maximum absolute atomic E-state index is 6.24. The summed E-state index contributed by atoms with van der Waals surface area (Å²) in [5.74, 6) is 0. The van der Waals surface area contributed by atoms with Gasteiger partial charge in [0.2, 0.25) is 0 Å². The highest BCUT2D eigenvalue weighted by molar-refractivity contribution is 6.33. The first-order valence-electron chi connectivity index (χ1n) is 12.0. The topological polar surface area (TPSA) is 18.1 Å². The van der Waals surface area contributed by atoms with Crippen LogP contribution in [0.5, 0.6) is 0 Å². The zero-order valence-corrected chi connectivity index (χ0v) is 19.2. The highest BCUT2D eigenvalue weighted by Gasteiger charge is 2.19. The molecule has 0 amide bonds. The van der Waals surface area contributed by atoms with Crippen LogP contribution in [0.15, 0.2) is 114 Å². The van der Waals surface area contributed by atoms with Crippen LogP contribution in [-0.2, 0) is 7.05 Å². The summed E-state index contributed by atoms with van der Waals surface area (Å²) in [6.07, 6.45) is 0. The lowest BCUT2D eigenvalue weighted by molar-refractivity contribution is 0.669. The van der Waals surface area contributed by atoms with E-state index in [4.69, 9.17) is 4.42 Å². The van der Waals surface area contributed by atoms with E-state index >= 15 is 0 Å². The van der Waals surface area contributed by atoms with Crippen LogP contribution >= 0.6 is 0 Å². The van der Waals surface area contributed by atoms with Crippen molar-refractivity contribution >= 4 is 65.3 Å². The third kappa shape index (κ3) is 2.43. The molecule has 0 aliphatic carbocycles. The lowest BCUT2D eigenvalue weighted by Crippen LogP contribution is -1.88. The smallest absolute Gasteiger partial charge is 0.136 e. The van der Waals surface area contributed by atoms with E-state index in [2.05, 4.69) is 109 Å². The standard InChI is InChI=1S/C33H21NO/c1-34-28-15-8-14-21(20-17-18-25-24-11-6-7-16-29(24)35-30(25)19-20)31(28)32-26-12-4-2-9-22(26)23-10-3-5-13-27(23)33(32)34/h2-19H,1H3. The van der Waals surface area contributed by atoms with Crippen molar-refractivity contribution in [3.05, 3.63) is 109 Å². The van der Waals surface area contributed by atoms with Gasteiger partial charge >= 0.3 is 0 Å². The van der Waals surface area contributed by atoms with E-state index in [1.54, 1.807) is 0 Å². The lowest BCUT2D eigenvalue weighted by atomic mass is 9.93. The maximum Gasteiger partial charge on any atom is 0.136 e. The van der Waals surface area contributed by atoms with Crippen molar-refractivity contribution in [3.63, 3.8) is 0 Å². The predicted octanol–water partition coefficient (Wildman–Crippen LogP) is 9.20. The Labute approximate surface area is 201 Å². The van der Waals surface area contributed by atoms with Crippen LogP contribution in [0, 0.1) is 0 Å². The van der Waals surface area contributed by atoms with Gasteiger partial charge in [0, 0.05) is 39.5 Å². The molecule has 0 fully saturated rings. The van der Waals surface area contributed by atoms with Crippen molar-refractivity contribution in [2.45, 2.75) is 0 Å². The molecule has 0 radical (unpaired) electrons. The molecule has 0 aliphatic rings. The number of rotatable bonds is 1. The van der Waals surface area contributed by atoms with Crippen molar-refractivity contribution in [2.75, 3.05) is 0 Å². The Kier molecular flexibility index (Phi) is 3.62. The number of hydrogen-bond acceptors (Lipinski definition) is 1. The Hall–Kier alpha value is -4.56. The Balaban J connectivity index is 1.56. The molecule has 8 aromatic rings. The Morgan fingerprint density at radius 2 is 1.17 bits per heavy atom. The van der Waals surface area contributed by atoms with E-state index in [9.17, 15) is 0 Å². The second-order valence-corrected chi connectivity index (χ2v) is 9.38. The summed E-state index contributed by atoms with van der Waals surface area (Å²) in [6.45, 7) is 0. The van der Waals surface area contributed by atoms with Gasteiger partial charge < -0.3 is 8.98 Å². The van der Waals surface area contributed by atoms with Gasteiger partial charge in [-0.25, -0.2) is 0 Å².